The quantitative estimate of drug-likeness (QED) is 0.824. The van der Waals surface area contributed by atoms with Crippen LogP contribution in [0.3, 0.4) is 0 Å². The van der Waals surface area contributed by atoms with E-state index in [0.29, 0.717) is 32.0 Å². The number of benzene rings is 1. The summed E-state index contributed by atoms with van der Waals surface area (Å²) in [5.41, 5.74) is 0.717. The maximum Gasteiger partial charge on any atom is 0.277 e. The van der Waals surface area contributed by atoms with Gasteiger partial charge in [0.25, 0.3) is 5.22 Å². The lowest BCUT2D eigenvalue weighted by Gasteiger charge is -2.22. The Bertz CT molecular complexity index is 569. The number of hydrogen-bond donors (Lipinski definition) is 0. The molecule has 2 aromatic rings. The number of thioether (sulfide) groups is 1. The molecule has 94 valence electrons. The second-order valence-electron chi connectivity index (χ2n) is 4.17. The smallest absolute Gasteiger partial charge is 0.277 e. The highest BCUT2D eigenvalue weighted by atomic mass is 35.5. The molecule has 0 saturated heterocycles. The Morgan fingerprint density at radius 1 is 1.22 bits per heavy atom. The number of halogens is 2. The predicted octanol–water partition coefficient (Wildman–Crippen LogP) is 4.69. The first-order valence-electron chi connectivity index (χ1n) is 5.68. The Morgan fingerprint density at radius 2 is 2.06 bits per heavy atom. The molecule has 1 aliphatic carbocycles. The summed E-state index contributed by atoms with van der Waals surface area (Å²) < 4.78 is 5.61. The minimum absolute atomic E-state index is 0.443. The largest absolute Gasteiger partial charge is 0.411 e. The van der Waals surface area contributed by atoms with Gasteiger partial charge < -0.3 is 4.42 Å². The average Bonchev–Trinajstić information content (AvgIpc) is 2.72. The Kier molecular flexibility index (Phi) is 3.50. The van der Waals surface area contributed by atoms with Gasteiger partial charge in [-0.15, -0.1) is 10.2 Å². The molecule has 0 N–H and O–H groups in total. The fourth-order valence-electron chi connectivity index (χ4n) is 1.66. The van der Waals surface area contributed by atoms with Crippen molar-refractivity contribution in [3.05, 3.63) is 28.2 Å². The molecular formula is C12H10Cl2N2OS. The van der Waals surface area contributed by atoms with Gasteiger partial charge in [-0.05, 0) is 31.0 Å². The van der Waals surface area contributed by atoms with Gasteiger partial charge in [0, 0.05) is 10.3 Å². The number of aromatic nitrogens is 2. The van der Waals surface area contributed by atoms with Crippen LogP contribution in [0.4, 0.5) is 0 Å². The van der Waals surface area contributed by atoms with Gasteiger partial charge in [-0.25, -0.2) is 0 Å². The second-order valence-corrected chi connectivity index (χ2v) is 6.26. The van der Waals surface area contributed by atoms with Crippen LogP contribution in [-0.2, 0) is 0 Å². The van der Waals surface area contributed by atoms with Crippen LogP contribution >= 0.6 is 35.0 Å². The highest BCUT2D eigenvalue weighted by Gasteiger charge is 2.22. The van der Waals surface area contributed by atoms with E-state index in [4.69, 9.17) is 27.6 Å². The van der Waals surface area contributed by atoms with Gasteiger partial charge in [0.2, 0.25) is 5.89 Å². The summed E-state index contributed by atoms with van der Waals surface area (Å²) in [7, 11) is 0. The highest BCUT2D eigenvalue weighted by Crippen LogP contribution is 2.37. The van der Waals surface area contributed by atoms with Gasteiger partial charge in [0.1, 0.15) is 0 Å². The van der Waals surface area contributed by atoms with Crippen molar-refractivity contribution in [2.75, 3.05) is 0 Å². The lowest BCUT2D eigenvalue weighted by molar-refractivity contribution is 0.455. The summed E-state index contributed by atoms with van der Waals surface area (Å²) in [6, 6.07) is 5.21. The summed E-state index contributed by atoms with van der Waals surface area (Å²) in [5, 5.41) is 10.4. The minimum atomic E-state index is 0.443. The zero-order valence-corrected chi connectivity index (χ0v) is 11.7. The van der Waals surface area contributed by atoms with Crippen molar-refractivity contribution in [2.45, 2.75) is 29.7 Å². The fraction of sp³-hybridized carbons (Fsp3) is 0.333. The van der Waals surface area contributed by atoms with E-state index < -0.39 is 0 Å². The molecule has 0 atom stereocenters. The van der Waals surface area contributed by atoms with Gasteiger partial charge >= 0.3 is 0 Å². The Morgan fingerprint density at radius 3 is 2.72 bits per heavy atom. The summed E-state index contributed by atoms with van der Waals surface area (Å²) in [6.07, 6.45) is 3.75. The van der Waals surface area contributed by atoms with Crippen molar-refractivity contribution in [2.24, 2.45) is 0 Å². The van der Waals surface area contributed by atoms with Crippen molar-refractivity contribution >= 4 is 35.0 Å². The Labute approximate surface area is 119 Å². The molecule has 1 heterocycles. The molecule has 0 spiro atoms. The molecule has 0 radical (unpaired) electrons. The summed E-state index contributed by atoms with van der Waals surface area (Å²) in [6.45, 7) is 0. The van der Waals surface area contributed by atoms with Gasteiger partial charge in [0.15, 0.2) is 0 Å². The lowest BCUT2D eigenvalue weighted by Crippen LogP contribution is -2.12. The molecule has 0 amide bonds. The van der Waals surface area contributed by atoms with E-state index in [9.17, 15) is 0 Å². The van der Waals surface area contributed by atoms with E-state index in [1.165, 1.54) is 19.3 Å². The van der Waals surface area contributed by atoms with Crippen LogP contribution in [-0.4, -0.2) is 15.4 Å². The summed E-state index contributed by atoms with van der Waals surface area (Å²) >= 11 is 13.6. The van der Waals surface area contributed by atoms with E-state index in [2.05, 4.69) is 10.2 Å². The second kappa shape index (κ2) is 5.11. The highest BCUT2D eigenvalue weighted by molar-refractivity contribution is 7.99. The van der Waals surface area contributed by atoms with Crippen LogP contribution in [0, 0.1) is 0 Å². The Balaban J connectivity index is 1.83. The molecule has 1 aromatic carbocycles. The van der Waals surface area contributed by atoms with Crippen molar-refractivity contribution in [3.8, 4) is 11.5 Å². The third kappa shape index (κ3) is 2.51. The van der Waals surface area contributed by atoms with Crippen molar-refractivity contribution in [1.82, 2.24) is 10.2 Å². The number of hydrogen-bond acceptors (Lipinski definition) is 4. The van der Waals surface area contributed by atoms with Crippen LogP contribution in [0.1, 0.15) is 19.3 Å². The fourth-order valence-corrected chi connectivity index (χ4v) is 3.22. The first kappa shape index (κ1) is 12.3. The van der Waals surface area contributed by atoms with Crippen molar-refractivity contribution in [1.29, 1.82) is 0 Å². The normalized spacial score (nSPS) is 15.7. The third-order valence-corrected chi connectivity index (χ3v) is 4.61. The SMILES string of the molecule is Clc1ccc(-c2nnc(SC3CCC3)o2)c(Cl)c1. The van der Waals surface area contributed by atoms with Crippen LogP contribution in [0.2, 0.25) is 10.0 Å². The maximum atomic E-state index is 6.10. The zero-order chi connectivity index (χ0) is 12.5. The molecule has 1 fully saturated rings. The standard InChI is InChI=1S/C12H10Cl2N2OS/c13-7-4-5-9(10(14)6-7)11-15-16-12(17-11)18-8-2-1-3-8/h4-6,8H,1-3H2. The molecule has 0 aliphatic heterocycles. The van der Waals surface area contributed by atoms with Crippen LogP contribution < -0.4 is 0 Å². The average molecular weight is 301 g/mol. The monoisotopic (exact) mass is 300 g/mol. The molecule has 1 aromatic heterocycles. The number of rotatable bonds is 3. The molecule has 1 aliphatic rings. The molecule has 1 saturated carbocycles. The van der Waals surface area contributed by atoms with E-state index in [-0.39, 0.29) is 0 Å². The molecule has 3 rings (SSSR count). The first-order valence-corrected chi connectivity index (χ1v) is 7.31. The first-order chi connectivity index (χ1) is 8.72. The third-order valence-electron chi connectivity index (χ3n) is 2.89. The van der Waals surface area contributed by atoms with E-state index in [0.717, 1.165) is 0 Å². The Hall–Kier alpha value is -0.710. The molecule has 0 bridgehead atoms. The lowest BCUT2D eigenvalue weighted by atomic mass is 10.0. The molecule has 3 nitrogen and oxygen atoms in total. The predicted molar refractivity (Wildman–Crippen MR) is 73.3 cm³/mol. The van der Waals surface area contributed by atoms with Crippen LogP contribution in [0.5, 0.6) is 0 Å². The maximum absolute atomic E-state index is 6.10. The molecular weight excluding hydrogens is 291 g/mol. The van der Waals surface area contributed by atoms with Gasteiger partial charge in [-0.3, -0.25) is 0 Å². The van der Waals surface area contributed by atoms with E-state index in [1.54, 1.807) is 30.0 Å². The molecule has 0 unspecified atom stereocenters. The topological polar surface area (TPSA) is 38.9 Å². The van der Waals surface area contributed by atoms with Crippen LogP contribution in [0.15, 0.2) is 27.8 Å². The molecule has 18 heavy (non-hydrogen) atoms. The summed E-state index contributed by atoms with van der Waals surface area (Å²) in [4.78, 5) is 0. The summed E-state index contributed by atoms with van der Waals surface area (Å²) in [5.74, 6) is 0.443. The van der Waals surface area contributed by atoms with Gasteiger partial charge in [0.05, 0.1) is 10.6 Å². The molecule has 6 heteroatoms. The number of nitrogens with zero attached hydrogens (tertiary/aromatic N) is 2. The van der Waals surface area contributed by atoms with Crippen LogP contribution in [0.25, 0.3) is 11.5 Å². The minimum Gasteiger partial charge on any atom is -0.411 e. The van der Waals surface area contributed by atoms with E-state index in [1.807, 2.05) is 0 Å². The van der Waals surface area contributed by atoms with Crippen molar-refractivity contribution in [3.63, 3.8) is 0 Å². The van der Waals surface area contributed by atoms with Gasteiger partial charge in [-0.1, -0.05) is 41.4 Å². The van der Waals surface area contributed by atoms with Crippen molar-refractivity contribution < 1.29 is 4.42 Å². The zero-order valence-electron chi connectivity index (χ0n) is 9.40. The van der Waals surface area contributed by atoms with Gasteiger partial charge in [-0.2, -0.15) is 0 Å². The van der Waals surface area contributed by atoms with E-state index >= 15 is 0 Å².